The van der Waals surface area contributed by atoms with E-state index in [4.69, 9.17) is 18.9 Å². The van der Waals surface area contributed by atoms with E-state index >= 15 is 0 Å². The molecular formula is C39H78O5. The van der Waals surface area contributed by atoms with Gasteiger partial charge in [-0.3, -0.25) is 0 Å². The lowest BCUT2D eigenvalue weighted by atomic mass is 10.0. The van der Waals surface area contributed by atoms with Gasteiger partial charge in [0.05, 0.1) is 18.8 Å². The van der Waals surface area contributed by atoms with Crippen LogP contribution in [0.4, 0.5) is 0 Å². The van der Waals surface area contributed by atoms with Gasteiger partial charge >= 0.3 is 0 Å². The second-order valence-corrected chi connectivity index (χ2v) is 13.7. The molecule has 0 aromatic rings. The monoisotopic (exact) mass is 627 g/mol. The van der Waals surface area contributed by atoms with Crippen LogP contribution in [0, 0.1) is 0 Å². The van der Waals surface area contributed by atoms with E-state index < -0.39 is 6.29 Å². The molecule has 0 radical (unpaired) electrons. The lowest BCUT2D eigenvalue weighted by Gasteiger charge is -2.40. The Balaban J connectivity index is 2.04. The van der Waals surface area contributed by atoms with Crippen molar-refractivity contribution < 1.29 is 24.1 Å². The van der Waals surface area contributed by atoms with Crippen LogP contribution in [-0.2, 0) is 18.9 Å². The maximum atomic E-state index is 9.82. The standard InChI is InChI=1S/C39H78O5/c1-4-6-8-10-12-14-16-18-20-22-24-26-28-30-32-42-37-34-36(35-40)44-39(38(37)41-3)43-33-31-29-27-25-23-21-19-17-15-13-11-9-7-5-2/h36-40H,4-35H2,1-3H3/t36-,37-,38+,39+/m0/s1. The number of hydrogen-bond acceptors (Lipinski definition) is 5. The van der Waals surface area contributed by atoms with E-state index in [1.807, 2.05) is 0 Å². The van der Waals surface area contributed by atoms with Gasteiger partial charge in [0, 0.05) is 26.7 Å². The molecule has 1 fully saturated rings. The zero-order valence-corrected chi connectivity index (χ0v) is 30.0. The first kappa shape index (κ1) is 41.8. The Morgan fingerprint density at radius 2 is 0.841 bits per heavy atom. The molecular weight excluding hydrogens is 548 g/mol. The Morgan fingerprint density at radius 1 is 0.500 bits per heavy atom. The molecule has 44 heavy (non-hydrogen) atoms. The van der Waals surface area contributed by atoms with E-state index in [1.165, 1.54) is 167 Å². The number of unbranched alkanes of at least 4 members (excludes halogenated alkanes) is 26. The molecule has 0 bridgehead atoms. The van der Waals surface area contributed by atoms with E-state index in [0.717, 1.165) is 19.4 Å². The third-order valence-corrected chi connectivity index (χ3v) is 9.54. The van der Waals surface area contributed by atoms with Crippen molar-refractivity contribution in [2.24, 2.45) is 0 Å². The molecule has 1 saturated heterocycles. The van der Waals surface area contributed by atoms with Gasteiger partial charge in [-0.15, -0.1) is 0 Å². The Morgan fingerprint density at radius 3 is 1.18 bits per heavy atom. The maximum Gasteiger partial charge on any atom is 0.186 e. The Kier molecular flexibility index (Phi) is 31.1. The highest BCUT2D eigenvalue weighted by Gasteiger charge is 2.40. The fourth-order valence-electron chi connectivity index (χ4n) is 6.60. The van der Waals surface area contributed by atoms with Crippen molar-refractivity contribution in [2.45, 2.75) is 225 Å². The lowest BCUT2D eigenvalue weighted by Crippen LogP contribution is -2.52. The molecule has 4 atom stereocenters. The van der Waals surface area contributed by atoms with Crippen LogP contribution < -0.4 is 0 Å². The molecule has 1 N–H and O–H groups in total. The lowest BCUT2D eigenvalue weighted by molar-refractivity contribution is -0.283. The van der Waals surface area contributed by atoms with Gasteiger partial charge in [0.25, 0.3) is 0 Å². The molecule has 0 spiro atoms. The van der Waals surface area contributed by atoms with Gasteiger partial charge in [0.2, 0.25) is 0 Å². The van der Waals surface area contributed by atoms with Crippen LogP contribution in [-0.4, -0.2) is 56.6 Å². The normalized spacial score (nSPS) is 20.5. The molecule has 0 aromatic heterocycles. The average Bonchev–Trinajstić information content (AvgIpc) is 3.04. The van der Waals surface area contributed by atoms with Crippen LogP contribution in [0.5, 0.6) is 0 Å². The molecule has 0 saturated carbocycles. The van der Waals surface area contributed by atoms with Crippen molar-refractivity contribution in [2.75, 3.05) is 26.9 Å². The molecule has 1 aliphatic rings. The minimum atomic E-state index is -0.464. The van der Waals surface area contributed by atoms with Gasteiger partial charge in [0.15, 0.2) is 6.29 Å². The first-order valence-electron chi connectivity index (χ1n) is 19.8. The van der Waals surface area contributed by atoms with Gasteiger partial charge in [0.1, 0.15) is 6.10 Å². The number of hydrogen-bond donors (Lipinski definition) is 1. The molecule has 0 aliphatic carbocycles. The Bertz CT molecular complexity index is 515. The average molecular weight is 627 g/mol. The molecule has 0 aromatic carbocycles. The minimum Gasteiger partial charge on any atom is -0.394 e. The van der Waals surface area contributed by atoms with Crippen molar-refractivity contribution in [3.63, 3.8) is 0 Å². The van der Waals surface area contributed by atoms with Gasteiger partial charge in [-0.05, 0) is 12.8 Å². The highest BCUT2D eigenvalue weighted by atomic mass is 16.7. The maximum absolute atomic E-state index is 9.82. The molecule has 5 heteroatoms. The van der Waals surface area contributed by atoms with E-state index in [1.54, 1.807) is 7.11 Å². The summed E-state index contributed by atoms with van der Waals surface area (Å²) in [4.78, 5) is 0. The van der Waals surface area contributed by atoms with E-state index in [9.17, 15) is 5.11 Å². The number of methoxy groups -OCH3 is 1. The summed E-state index contributed by atoms with van der Waals surface area (Å²) in [7, 11) is 1.72. The fourth-order valence-corrected chi connectivity index (χ4v) is 6.60. The summed E-state index contributed by atoms with van der Waals surface area (Å²) in [5.74, 6) is 0. The first-order chi connectivity index (χ1) is 21.8. The van der Waals surface area contributed by atoms with Crippen molar-refractivity contribution in [1.29, 1.82) is 0 Å². The van der Waals surface area contributed by atoms with Crippen molar-refractivity contribution in [3.8, 4) is 0 Å². The zero-order valence-electron chi connectivity index (χ0n) is 30.0. The third-order valence-electron chi connectivity index (χ3n) is 9.54. The number of rotatable bonds is 34. The van der Waals surface area contributed by atoms with E-state index in [0.29, 0.717) is 13.0 Å². The van der Waals surface area contributed by atoms with Gasteiger partial charge in [-0.2, -0.15) is 0 Å². The summed E-state index contributed by atoms with van der Waals surface area (Å²) in [6.07, 6.45) is 37.5. The molecule has 0 amide bonds. The summed E-state index contributed by atoms with van der Waals surface area (Å²) < 4.78 is 24.3. The molecule has 1 aliphatic heterocycles. The molecule has 264 valence electrons. The quantitative estimate of drug-likeness (QED) is 0.0720. The SMILES string of the molecule is CCCCCCCCCCCCCCCCO[C@@H]1O[C@H](CO)C[C@H](OCCCCCCCCCCCCCCCC)[C@H]1OC. The predicted octanol–water partition coefficient (Wildman–Crippen LogP) is 11.5. The van der Waals surface area contributed by atoms with Crippen molar-refractivity contribution >= 4 is 0 Å². The Hall–Kier alpha value is -0.200. The highest BCUT2D eigenvalue weighted by Crippen LogP contribution is 2.26. The van der Waals surface area contributed by atoms with Crippen LogP contribution >= 0.6 is 0 Å². The van der Waals surface area contributed by atoms with Crippen LogP contribution in [0.15, 0.2) is 0 Å². The third kappa shape index (κ3) is 24.0. The van der Waals surface area contributed by atoms with Crippen LogP contribution in [0.3, 0.4) is 0 Å². The summed E-state index contributed by atoms with van der Waals surface area (Å²) in [5, 5.41) is 9.82. The van der Waals surface area contributed by atoms with E-state index in [-0.39, 0.29) is 24.9 Å². The van der Waals surface area contributed by atoms with Crippen molar-refractivity contribution in [3.05, 3.63) is 0 Å². The second-order valence-electron chi connectivity index (χ2n) is 13.7. The molecule has 0 unspecified atom stereocenters. The zero-order chi connectivity index (χ0) is 31.8. The van der Waals surface area contributed by atoms with Gasteiger partial charge < -0.3 is 24.1 Å². The smallest absolute Gasteiger partial charge is 0.186 e. The van der Waals surface area contributed by atoms with Crippen molar-refractivity contribution in [1.82, 2.24) is 0 Å². The van der Waals surface area contributed by atoms with Crippen LogP contribution in [0.2, 0.25) is 0 Å². The first-order valence-corrected chi connectivity index (χ1v) is 19.8. The van der Waals surface area contributed by atoms with Gasteiger partial charge in [-0.25, -0.2) is 0 Å². The summed E-state index contributed by atoms with van der Waals surface area (Å²) in [6, 6.07) is 0. The number of ether oxygens (including phenoxy) is 4. The number of aliphatic hydroxyl groups excluding tert-OH is 1. The second kappa shape index (κ2) is 32.7. The summed E-state index contributed by atoms with van der Waals surface area (Å²) in [6.45, 7) is 5.98. The molecule has 1 rings (SSSR count). The summed E-state index contributed by atoms with van der Waals surface area (Å²) in [5.41, 5.74) is 0. The topological polar surface area (TPSA) is 57.2 Å². The van der Waals surface area contributed by atoms with Crippen LogP contribution in [0.25, 0.3) is 0 Å². The van der Waals surface area contributed by atoms with E-state index in [2.05, 4.69) is 13.8 Å². The van der Waals surface area contributed by atoms with Crippen LogP contribution in [0.1, 0.15) is 200 Å². The fraction of sp³-hybridized carbons (Fsp3) is 1.00. The largest absolute Gasteiger partial charge is 0.394 e. The molecule has 1 heterocycles. The Labute approximate surface area is 275 Å². The highest BCUT2D eigenvalue weighted by molar-refractivity contribution is 4.84. The summed E-state index contributed by atoms with van der Waals surface area (Å²) >= 11 is 0. The predicted molar refractivity (Wildman–Crippen MR) is 187 cm³/mol. The van der Waals surface area contributed by atoms with Gasteiger partial charge in [-0.1, -0.05) is 181 Å². The minimum absolute atomic E-state index is 0.00608. The molecule has 5 nitrogen and oxygen atoms in total. The number of aliphatic hydroxyl groups is 1.